The molecule has 0 aliphatic carbocycles. The van der Waals surface area contributed by atoms with E-state index >= 15 is 0 Å². The van der Waals surface area contributed by atoms with Crippen molar-refractivity contribution in [2.75, 3.05) is 5.32 Å². The number of thiazole rings is 1. The third-order valence-corrected chi connectivity index (χ3v) is 5.21. The minimum Gasteiger partial charge on any atom is -0.481 e. The second-order valence-electron chi connectivity index (χ2n) is 6.67. The molecule has 4 rings (SSSR count). The Labute approximate surface area is 167 Å². The molecule has 0 aliphatic rings. The van der Waals surface area contributed by atoms with Crippen molar-refractivity contribution in [1.29, 1.82) is 0 Å². The van der Waals surface area contributed by atoms with Gasteiger partial charge in [0.2, 0.25) is 0 Å². The molecular formula is C23H20N2O2S. The fourth-order valence-electron chi connectivity index (χ4n) is 2.97. The van der Waals surface area contributed by atoms with Crippen LogP contribution in [-0.2, 0) is 4.79 Å². The van der Waals surface area contributed by atoms with Crippen molar-refractivity contribution >= 4 is 33.1 Å². The van der Waals surface area contributed by atoms with Crippen LogP contribution >= 0.6 is 11.3 Å². The van der Waals surface area contributed by atoms with E-state index in [0.717, 1.165) is 16.8 Å². The van der Waals surface area contributed by atoms with Crippen molar-refractivity contribution in [3.05, 3.63) is 77.7 Å². The Kier molecular flexibility index (Phi) is 5.08. The van der Waals surface area contributed by atoms with Crippen LogP contribution in [-0.4, -0.2) is 17.0 Å². The third-order valence-electron chi connectivity index (χ3n) is 4.45. The molecule has 0 saturated heterocycles. The summed E-state index contributed by atoms with van der Waals surface area (Å²) in [5.74, 6) is 0.458. The molecule has 1 heterocycles. The minimum atomic E-state index is -0.616. The van der Waals surface area contributed by atoms with Crippen molar-refractivity contribution in [2.24, 2.45) is 0 Å². The summed E-state index contributed by atoms with van der Waals surface area (Å²) in [4.78, 5) is 17.0. The maximum Gasteiger partial charge on any atom is 0.266 e. The molecule has 1 atom stereocenters. The SMILES string of the molecule is Cc1cccc(O[C@H](C)C(=O)Nc2nc(-c3ccc4ccccc4c3)cs2)c1. The first-order chi connectivity index (χ1) is 13.6. The predicted octanol–water partition coefficient (Wildman–Crippen LogP) is 5.68. The minimum absolute atomic E-state index is 0.221. The molecule has 0 aliphatic heterocycles. The molecule has 0 unspecified atom stereocenters. The van der Waals surface area contributed by atoms with Crippen LogP contribution in [0.15, 0.2) is 72.1 Å². The van der Waals surface area contributed by atoms with Crippen LogP contribution < -0.4 is 10.1 Å². The van der Waals surface area contributed by atoms with Crippen molar-refractivity contribution in [2.45, 2.75) is 20.0 Å². The largest absolute Gasteiger partial charge is 0.481 e. The van der Waals surface area contributed by atoms with Crippen LogP contribution in [0.1, 0.15) is 12.5 Å². The summed E-state index contributed by atoms with van der Waals surface area (Å²) in [6, 6.07) is 22.1. The summed E-state index contributed by atoms with van der Waals surface area (Å²) < 4.78 is 5.73. The quantitative estimate of drug-likeness (QED) is 0.479. The Morgan fingerprint density at radius 1 is 1.04 bits per heavy atom. The number of fused-ring (bicyclic) bond motifs is 1. The number of nitrogens with one attached hydrogen (secondary N) is 1. The molecule has 1 N–H and O–H groups in total. The Morgan fingerprint density at radius 2 is 1.86 bits per heavy atom. The molecule has 0 fully saturated rings. The molecule has 0 spiro atoms. The molecule has 0 bridgehead atoms. The van der Waals surface area contributed by atoms with Crippen molar-refractivity contribution in [1.82, 2.24) is 4.98 Å². The summed E-state index contributed by atoms with van der Waals surface area (Å²) in [5.41, 5.74) is 2.96. The number of hydrogen-bond donors (Lipinski definition) is 1. The Balaban J connectivity index is 1.45. The van der Waals surface area contributed by atoms with Crippen LogP contribution in [0.2, 0.25) is 0 Å². The number of anilines is 1. The molecule has 4 aromatic rings. The van der Waals surface area contributed by atoms with Gasteiger partial charge in [-0.05, 0) is 48.4 Å². The summed E-state index contributed by atoms with van der Waals surface area (Å²) in [5, 5.41) is 7.72. The lowest BCUT2D eigenvalue weighted by Gasteiger charge is -2.14. The zero-order valence-corrected chi connectivity index (χ0v) is 16.5. The van der Waals surface area contributed by atoms with Gasteiger partial charge >= 0.3 is 0 Å². The van der Waals surface area contributed by atoms with E-state index in [1.807, 2.05) is 54.8 Å². The molecule has 4 nitrogen and oxygen atoms in total. The first-order valence-electron chi connectivity index (χ1n) is 9.07. The molecule has 5 heteroatoms. The molecule has 0 radical (unpaired) electrons. The summed E-state index contributed by atoms with van der Waals surface area (Å²) in [7, 11) is 0. The number of nitrogens with zero attached hydrogens (tertiary/aromatic N) is 1. The molecule has 28 heavy (non-hydrogen) atoms. The van der Waals surface area contributed by atoms with Gasteiger partial charge < -0.3 is 4.74 Å². The molecule has 1 amide bonds. The number of carbonyl (C=O) groups excluding carboxylic acids is 1. The highest BCUT2D eigenvalue weighted by atomic mass is 32.1. The monoisotopic (exact) mass is 388 g/mol. The lowest BCUT2D eigenvalue weighted by atomic mass is 10.1. The van der Waals surface area contributed by atoms with Crippen LogP contribution in [0.5, 0.6) is 5.75 Å². The van der Waals surface area contributed by atoms with Gasteiger partial charge in [-0.1, -0.05) is 48.5 Å². The second-order valence-corrected chi connectivity index (χ2v) is 7.52. The van der Waals surface area contributed by atoms with Crippen molar-refractivity contribution in [3.63, 3.8) is 0 Å². The number of benzene rings is 3. The van der Waals surface area contributed by atoms with Gasteiger partial charge in [0.05, 0.1) is 5.69 Å². The number of hydrogen-bond acceptors (Lipinski definition) is 4. The summed E-state index contributed by atoms with van der Waals surface area (Å²) in [6.07, 6.45) is -0.616. The average molecular weight is 388 g/mol. The lowest BCUT2D eigenvalue weighted by Crippen LogP contribution is -2.30. The number of carbonyl (C=O) groups is 1. The number of aromatic nitrogens is 1. The van der Waals surface area contributed by atoms with Gasteiger partial charge in [0, 0.05) is 10.9 Å². The van der Waals surface area contributed by atoms with Gasteiger partial charge in [0.25, 0.3) is 5.91 Å². The second kappa shape index (κ2) is 7.82. The van der Waals surface area contributed by atoms with Gasteiger partial charge in [-0.2, -0.15) is 0 Å². The zero-order chi connectivity index (χ0) is 19.5. The van der Waals surface area contributed by atoms with Crippen LogP contribution in [0, 0.1) is 6.92 Å². The van der Waals surface area contributed by atoms with E-state index in [1.54, 1.807) is 6.92 Å². The maximum atomic E-state index is 12.5. The van der Waals surface area contributed by atoms with Crippen molar-refractivity contribution < 1.29 is 9.53 Å². The number of aryl methyl sites for hydroxylation is 1. The van der Waals surface area contributed by atoms with E-state index in [1.165, 1.54) is 22.1 Å². The van der Waals surface area contributed by atoms with E-state index in [-0.39, 0.29) is 5.91 Å². The zero-order valence-electron chi connectivity index (χ0n) is 15.7. The Morgan fingerprint density at radius 3 is 2.68 bits per heavy atom. The van der Waals surface area contributed by atoms with E-state index in [2.05, 4.69) is 34.6 Å². The molecule has 3 aromatic carbocycles. The van der Waals surface area contributed by atoms with Gasteiger partial charge in [0.1, 0.15) is 5.75 Å². The van der Waals surface area contributed by atoms with E-state index in [9.17, 15) is 4.79 Å². The molecule has 140 valence electrons. The standard InChI is InChI=1S/C23H20N2O2S/c1-15-6-5-9-20(12-15)27-16(2)22(26)25-23-24-21(14-28-23)19-11-10-17-7-3-4-8-18(17)13-19/h3-14,16H,1-2H3,(H,24,25,26)/t16-/m1/s1. The predicted molar refractivity (Wildman–Crippen MR) is 115 cm³/mol. The number of ether oxygens (including phenoxy) is 1. The Hall–Kier alpha value is -3.18. The first kappa shape index (κ1) is 18.2. The van der Waals surface area contributed by atoms with Crippen molar-refractivity contribution in [3.8, 4) is 17.0 Å². The maximum absolute atomic E-state index is 12.5. The molecule has 0 saturated carbocycles. The highest BCUT2D eigenvalue weighted by molar-refractivity contribution is 7.14. The molecular weight excluding hydrogens is 368 g/mol. The average Bonchev–Trinajstić information content (AvgIpc) is 3.16. The fourth-order valence-corrected chi connectivity index (χ4v) is 3.69. The number of rotatable bonds is 5. The van der Waals surface area contributed by atoms with Gasteiger partial charge in [-0.25, -0.2) is 4.98 Å². The van der Waals surface area contributed by atoms with Crippen LogP contribution in [0.3, 0.4) is 0 Å². The summed E-state index contributed by atoms with van der Waals surface area (Å²) in [6.45, 7) is 3.72. The number of amides is 1. The Bertz CT molecular complexity index is 1140. The summed E-state index contributed by atoms with van der Waals surface area (Å²) >= 11 is 1.41. The van der Waals surface area contributed by atoms with E-state index in [0.29, 0.717) is 10.9 Å². The fraction of sp³-hybridized carbons (Fsp3) is 0.130. The third kappa shape index (κ3) is 4.05. The van der Waals surface area contributed by atoms with Gasteiger partial charge in [0.15, 0.2) is 11.2 Å². The first-order valence-corrected chi connectivity index (χ1v) is 9.95. The topological polar surface area (TPSA) is 51.2 Å². The highest BCUT2D eigenvalue weighted by Crippen LogP contribution is 2.28. The highest BCUT2D eigenvalue weighted by Gasteiger charge is 2.17. The van der Waals surface area contributed by atoms with Crippen LogP contribution in [0.4, 0.5) is 5.13 Å². The molecule has 1 aromatic heterocycles. The normalized spacial score (nSPS) is 11.9. The van der Waals surface area contributed by atoms with Crippen LogP contribution in [0.25, 0.3) is 22.0 Å². The lowest BCUT2D eigenvalue weighted by molar-refractivity contribution is -0.122. The van der Waals surface area contributed by atoms with E-state index < -0.39 is 6.10 Å². The smallest absolute Gasteiger partial charge is 0.266 e. The van der Waals surface area contributed by atoms with Gasteiger partial charge in [-0.3, -0.25) is 10.1 Å². The van der Waals surface area contributed by atoms with E-state index in [4.69, 9.17) is 4.74 Å². The van der Waals surface area contributed by atoms with Gasteiger partial charge in [-0.15, -0.1) is 11.3 Å².